The monoisotopic (exact) mass is 509 g/mol. The minimum atomic E-state index is -0.592. The molecule has 3 aliphatic rings. The molecule has 2 unspecified atom stereocenters. The highest BCUT2D eigenvalue weighted by atomic mass is 16.2. The van der Waals surface area contributed by atoms with E-state index in [1.54, 1.807) is 4.90 Å². The molecule has 1 aromatic heterocycles. The predicted molar refractivity (Wildman–Crippen MR) is 142 cm³/mol. The quantitative estimate of drug-likeness (QED) is 0.515. The Morgan fingerprint density at radius 3 is 2.42 bits per heavy atom. The van der Waals surface area contributed by atoms with Crippen molar-refractivity contribution in [2.45, 2.75) is 38.0 Å². The molecule has 2 aromatic carbocycles. The van der Waals surface area contributed by atoms with Gasteiger partial charge in [0.05, 0.1) is 11.7 Å². The van der Waals surface area contributed by atoms with Crippen LogP contribution in [0.25, 0.3) is 0 Å². The van der Waals surface area contributed by atoms with Crippen LogP contribution in [0, 0.1) is 0 Å². The SMILES string of the molecule is O=C1CCC(N2Cc3c(CN4CCN(C(c5ccccc5)c5ccccn5)CC4)cccc3C2=O)C(=O)N1. The van der Waals surface area contributed by atoms with Crippen molar-refractivity contribution in [3.8, 4) is 0 Å². The zero-order valence-corrected chi connectivity index (χ0v) is 21.3. The van der Waals surface area contributed by atoms with Gasteiger partial charge in [0.25, 0.3) is 5.91 Å². The van der Waals surface area contributed by atoms with Gasteiger partial charge in [-0.25, -0.2) is 0 Å². The van der Waals surface area contributed by atoms with E-state index in [-0.39, 0.29) is 30.2 Å². The molecule has 3 amide bonds. The Hall–Kier alpha value is -3.88. The predicted octanol–water partition coefficient (Wildman–Crippen LogP) is 2.75. The number of rotatable bonds is 6. The fourth-order valence-corrected chi connectivity index (χ4v) is 5.96. The third-order valence-electron chi connectivity index (χ3n) is 7.93. The number of imide groups is 1. The molecule has 0 bridgehead atoms. The summed E-state index contributed by atoms with van der Waals surface area (Å²) in [5.74, 6) is -0.768. The molecular formula is C30H31N5O3. The summed E-state index contributed by atoms with van der Waals surface area (Å²) in [4.78, 5) is 48.5. The molecule has 0 saturated carbocycles. The van der Waals surface area contributed by atoms with Gasteiger partial charge in [-0.15, -0.1) is 0 Å². The number of aromatic nitrogens is 1. The lowest BCUT2D eigenvalue weighted by atomic mass is 10.00. The van der Waals surface area contributed by atoms with Gasteiger partial charge in [0, 0.05) is 57.4 Å². The number of hydrogen-bond donors (Lipinski definition) is 1. The highest BCUT2D eigenvalue weighted by molar-refractivity contribution is 6.05. The van der Waals surface area contributed by atoms with E-state index in [1.165, 1.54) is 5.56 Å². The summed E-state index contributed by atoms with van der Waals surface area (Å²) in [6.45, 7) is 4.80. The lowest BCUT2D eigenvalue weighted by Crippen LogP contribution is -2.52. The van der Waals surface area contributed by atoms with E-state index in [9.17, 15) is 14.4 Å². The summed E-state index contributed by atoms with van der Waals surface area (Å²) < 4.78 is 0. The van der Waals surface area contributed by atoms with Gasteiger partial charge >= 0.3 is 0 Å². The zero-order chi connectivity index (χ0) is 26.1. The summed E-state index contributed by atoms with van der Waals surface area (Å²) in [5, 5.41) is 2.38. The molecular weight excluding hydrogens is 478 g/mol. The van der Waals surface area contributed by atoms with E-state index in [2.05, 4.69) is 56.5 Å². The van der Waals surface area contributed by atoms with Gasteiger partial charge in [-0.2, -0.15) is 0 Å². The Morgan fingerprint density at radius 2 is 1.68 bits per heavy atom. The van der Waals surface area contributed by atoms with Crippen molar-refractivity contribution in [1.29, 1.82) is 0 Å². The molecule has 0 aliphatic carbocycles. The maximum Gasteiger partial charge on any atom is 0.255 e. The van der Waals surface area contributed by atoms with Crippen LogP contribution < -0.4 is 5.32 Å². The smallest absolute Gasteiger partial charge is 0.255 e. The normalized spacial score (nSPS) is 21.3. The zero-order valence-electron chi connectivity index (χ0n) is 21.3. The number of amides is 3. The molecule has 2 atom stereocenters. The Morgan fingerprint density at radius 1 is 0.895 bits per heavy atom. The van der Waals surface area contributed by atoms with Crippen molar-refractivity contribution in [1.82, 2.24) is 25.0 Å². The molecule has 4 heterocycles. The number of benzene rings is 2. The topological polar surface area (TPSA) is 85.9 Å². The van der Waals surface area contributed by atoms with Crippen LogP contribution in [-0.2, 0) is 22.7 Å². The first-order valence-corrected chi connectivity index (χ1v) is 13.3. The number of piperazine rings is 1. The number of hydrogen-bond acceptors (Lipinski definition) is 6. The maximum atomic E-state index is 13.2. The number of nitrogens with one attached hydrogen (secondary N) is 1. The highest BCUT2D eigenvalue weighted by Gasteiger charge is 2.40. The van der Waals surface area contributed by atoms with E-state index < -0.39 is 6.04 Å². The molecule has 3 aliphatic heterocycles. The van der Waals surface area contributed by atoms with Crippen LogP contribution in [0.5, 0.6) is 0 Å². The Bertz CT molecular complexity index is 1300. The second kappa shape index (κ2) is 10.5. The van der Waals surface area contributed by atoms with Crippen molar-refractivity contribution >= 4 is 17.7 Å². The summed E-state index contributed by atoms with van der Waals surface area (Å²) in [6.07, 6.45) is 2.49. The molecule has 6 rings (SSSR count). The first-order valence-electron chi connectivity index (χ1n) is 13.3. The van der Waals surface area contributed by atoms with Gasteiger partial charge in [0.1, 0.15) is 6.04 Å². The molecule has 0 spiro atoms. The highest BCUT2D eigenvalue weighted by Crippen LogP contribution is 2.32. The third-order valence-corrected chi connectivity index (χ3v) is 7.93. The maximum absolute atomic E-state index is 13.2. The standard InChI is InChI=1S/C30H31N5O3/c36-27-13-12-26(29(37)32-27)35-20-24-22(9-6-10-23(24)30(35)38)19-33-15-17-34(18-16-33)28(21-7-2-1-3-8-21)25-11-4-5-14-31-25/h1-11,14,26,28H,12-13,15-20H2,(H,32,36,37). The van der Waals surface area contributed by atoms with Crippen LogP contribution >= 0.6 is 0 Å². The average Bonchev–Trinajstić information content (AvgIpc) is 3.28. The first kappa shape index (κ1) is 24.5. The van der Waals surface area contributed by atoms with Gasteiger partial charge in [-0.3, -0.25) is 34.5 Å². The van der Waals surface area contributed by atoms with Crippen molar-refractivity contribution in [3.05, 3.63) is 101 Å². The van der Waals surface area contributed by atoms with Crippen molar-refractivity contribution in [2.75, 3.05) is 26.2 Å². The lowest BCUT2D eigenvalue weighted by Gasteiger charge is -2.39. The van der Waals surface area contributed by atoms with E-state index >= 15 is 0 Å². The number of nitrogens with zero attached hydrogens (tertiary/aromatic N) is 4. The molecule has 38 heavy (non-hydrogen) atoms. The van der Waals surface area contributed by atoms with Crippen LogP contribution in [0.4, 0.5) is 0 Å². The van der Waals surface area contributed by atoms with E-state index in [4.69, 9.17) is 0 Å². The van der Waals surface area contributed by atoms with Crippen molar-refractivity contribution in [2.24, 2.45) is 0 Å². The Labute approximate surface area is 222 Å². The minimum absolute atomic E-state index is 0.111. The number of pyridine rings is 1. The molecule has 194 valence electrons. The fraction of sp³-hybridized carbons (Fsp3) is 0.333. The summed E-state index contributed by atoms with van der Waals surface area (Å²) in [7, 11) is 0. The number of carbonyl (C=O) groups is 3. The van der Waals surface area contributed by atoms with Crippen LogP contribution in [0.3, 0.4) is 0 Å². The second-order valence-electron chi connectivity index (χ2n) is 10.2. The summed E-state index contributed by atoms with van der Waals surface area (Å²) in [6, 6.07) is 22.0. The molecule has 0 radical (unpaired) electrons. The molecule has 3 aromatic rings. The third kappa shape index (κ3) is 4.73. The van der Waals surface area contributed by atoms with Crippen LogP contribution in [0.1, 0.15) is 51.6 Å². The van der Waals surface area contributed by atoms with Gasteiger partial charge in [-0.05, 0) is 41.3 Å². The van der Waals surface area contributed by atoms with E-state index in [0.717, 1.165) is 49.5 Å². The molecule has 2 fully saturated rings. The second-order valence-corrected chi connectivity index (χ2v) is 10.2. The molecule has 2 saturated heterocycles. The van der Waals surface area contributed by atoms with Crippen molar-refractivity contribution in [3.63, 3.8) is 0 Å². The molecule has 1 N–H and O–H groups in total. The number of piperidine rings is 1. The van der Waals surface area contributed by atoms with E-state index in [1.807, 2.05) is 36.5 Å². The Kier molecular flexibility index (Phi) is 6.74. The van der Waals surface area contributed by atoms with Crippen molar-refractivity contribution < 1.29 is 14.4 Å². The fourth-order valence-electron chi connectivity index (χ4n) is 5.96. The van der Waals surface area contributed by atoms with Gasteiger partial charge in [0.15, 0.2) is 0 Å². The van der Waals surface area contributed by atoms with Crippen LogP contribution in [0.15, 0.2) is 72.9 Å². The van der Waals surface area contributed by atoms with Gasteiger partial charge in [-0.1, -0.05) is 48.5 Å². The van der Waals surface area contributed by atoms with E-state index in [0.29, 0.717) is 18.5 Å². The largest absolute Gasteiger partial charge is 0.322 e. The average molecular weight is 510 g/mol. The Balaban J connectivity index is 1.15. The molecule has 8 heteroatoms. The first-order chi connectivity index (χ1) is 18.6. The number of fused-ring (bicyclic) bond motifs is 1. The van der Waals surface area contributed by atoms with Crippen LogP contribution in [-0.4, -0.2) is 69.6 Å². The number of carbonyl (C=O) groups excluding carboxylic acids is 3. The minimum Gasteiger partial charge on any atom is -0.322 e. The van der Waals surface area contributed by atoms with Gasteiger partial charge in [0.2, 0.25) is 11.8 Å². The summed E-state index contributed by atoms with van der Waals surface area (Å²) >= 11 is 0. The lowest BCUT2D eigenvalue weighted by molar-refractivity contribution is -0.136. The van der Waals surface area contributed by atoms with Gasteiger partial charge < -0.3 is 4.90 Å². The summed E-state index contributed by atoms with van der Waals surface area (Å²) in [5.41, 5.74) is 5.10. The molecule has 8 nitrogen and oxygen atoms in total. The van der Waals surface area contributed by atoms with Crippen LogP contribution in [0.2, 0.25) is 0 Å².